The third-order valence-corrected chi connectivity index (χ3v) is 16.2. The van der Waals surface area contributed by atoms with Gasteiger partial charge in [0.2, 0.25) is 5.54 Å². The van der Waals surface area contributed by atoms with Crippen LogP contribution in [-0.2, 0) is 45.6 Å². The second-order valence-electron chi connectivity index (χ2n) is 15.1. The fraction of sp³-hybridized carbons (Fsp3) is 0.553. The minimum Gasteiger partial charge on any atom is -0.494 e. The summed E-state index contributed by atoms with van der Waals surface area (Å²) >= 11 is 1.94. The number of carbonyl (C=O) groups is 3. The number of sulfonamides is 2. The molecule has 0 spiro atoms. The van der Waals surface area contributed by atoms with E-state index in [0.29, 0.717) is 43.2 Å². The van der Waals surface area contributed by atoms with Gasteiger partial charge in [-0.2, -0.15) is 8.72 Å². The summed E-state index contributed by atoms with van der Waals surface area (Å²) in [6, 6.07) is 9.90. The molecule has 2 saturated heterocycles. The highest BCUT2D eigenvalue weighted by Gasteiger charge is 2.62. The predicted molar refractivity (Wildman–Crippen MR) is 227 cm³/mol. The van der Waals surface area contributed by atoms with Crippen molar-refractivity contribution < 1.29 is 45.8 Å². The quantitative estimate of drug-likeness (QED) is 0.0931. The number of thioether (sulfide) groups is 1. The van der Waals surface area contributed by atoms with E-state index < -0.39 is 72.1 Å². The number of amides is 1. The molecule has 0 aromatic heterocycles. The second-order valence-corrected chi connectivity index (χ2v) is 21.4. The first-order valence-electron chi connectivity index (χ1n) is 19.2. The number of carboxylic acid groups (broad SMARTS) is 1. The number of hydrogen-bond acceptors (Lipinski definition) is 16. The number of benzene rings is 2. The summed E-state index contributed by atoms with van der Waals surface area (Å²) in [6.45, 7) is 3.80. The molecule has 1 unspecified atom stereocenters. The Bertz CT molecular complexity index is 2050. The Balaban J connectivity index is 1.66. The molecule has 3 heterocycles. The number of ether oxygens (including phenoxy) is 2. The Morgan fingerprint density at radius 3 is 2.15 bits per heavy atom. The highest BCUT2D eigenvalue weighted by atomic mass is 32.3. The lowest BCUT2D eigenvalue weighted by molar-refractivity contribution is -0.160. The van der Waals surface area contributed by atoms with Gasteiger partial charge < -0.3 is 29.8 Å². The molecule has 0 radical (unpaired) electrons. The van der Waals surface area contributed by atoms with Gasteiger partial charge in [-0.3, -0.25) is 14.9 Å². The molecule has 59 heavy (non-hydrogen) atoms. The summed E-state index contributed by atoms with van der Waals surface area (Å²) in [5, 5.41) is 13.2. The number of carbonyl (C=O) groups excluding carboxylic acids is 2. The highest BCUT2D eigenvalue weighted by Crippen LogP contribution is 2.40. The van der Waals surface area contributed by atoms with Crippen LogP contribution in [0.25, 0.3) is 0 Å². The topological polar surface area (TPSA) is 198 Å². The Morgan fingerprint density at radius 1 is 0.949 bits per heavy atom. The predicted octanol–water partition coefficient (Wildman–Crippen LogP) is 1.78. The van der Waals surface area contributed by atoms with Crippen molar-refractivity contribution in [2.24, 2.45) is 0 Å². The highest BCUT2D eigenvalue weighted by molar-refractivity contribution is 8.16. The maximum atomic E-state index is 15.5. The zero-order valence-corrected chi connectivity index (χ0v) is 37.5. The van der Waals surface area contributed by atoms with Crippen LogP contribution in [0.15, 0.2) is 63.9 Å². The van der Waals surface area contributed by atoms with Gasteiger partial charge >= 0.3 is 5.97 Å². The molecule has 2 aromatic carbocycles. The Morgan fingerprint density at radius 2 is 1.59 bits per heavy atom. The smallest absolute Gasteiger partial charge is 0.339 e. The molecule has 3 aliphatic rings. The lowest BCUT2D eigenvalue weighted by Crippen LogP contribution is -2.69. The molecule has 2 aromatic rings. The molecule has 0 saturated carbocycles. The maximum absolute atomic E-state index is 15.5. The molecular formula is C38H55N7O10S4. The van der Waals surface area contributed by atoms with Gasteiger partial charge in [-0.15, -0.1) is 11.8 Å². The van der Waals surface area contributed by atoms with Crippen LogP contribution in [0.4, 0.5) is 0 Å². The van der Waals surface area contributed by atoms with E-state index in [2.05, 4.69) is 10.7 Å². The summed E-state index contributed by atoms with van der Waals surface area (Å²) in [5.41, 5.74) is 0.588. The van der Waals surface area contributed by atoms with E-state index in [9.17, 15) is 23.1 Å². The molecule has 5 rings (SSSR count). The number of nitrogens with one attached hydrogen (secondary N) is 2. The van der Waals surface area contributed by atoms with E-state index in [1.54, 1.807) is 26.1 Å². The zero-order chi connectivity index (χ0) is 43.1. The van der Waals surface area contributed by atoms with Crippen LogP contribution >= 0.6 is 23.7 Å². The molecule has 3 N–H and O–H groups in total. The summed E-state index contributed by atoms with van der Waals surface area (Å²) in [5.74, 6) is -3.48. The van der Waals surface area contributed by atoms with Crippen molar-refractivity contribution >= 4 is 61.4 Å². The van der Waals surface area contributed by atoms with Crippen molar-refractivity contribution in [3.63, 3.8) is 0 Å². The Kier molecular flexibility index (Phi) is 15.9. The molecule has 3 aliphatic heterocycles. The van der Waals surface area contributed by atoms with Gasteiger partial charge in [0.15, 0.2) is 5.78 Å². The largest absolute Gasteiger partial charge is 0.494 e. The number of hydrogen-bond donors (Lipinski definition) is 3. The van der Waals surface area contributed by atoms with Crippen LogP contribution < -0.4 is 15.5 Å². The standard InChI is InChI=1S/C38H55N7O10S4/c1-27-9-15-31(16-10-27)58(50,51)45(36(47)32-23-30(55-21-8-19-42(4)5)26-44(32)59(52,53)33-25-40-43(6)57-33)38(37(48)49,34(46)35-39-17-22-56-35)24-28-11-13-29(14-12-28)54-20-7-18-41(2)3/h9-16,25,30,32,35,39-40H,7-8,17-24,26H2,1-6H3,(H,48,49)/t30?,32-,35-,38+/m0/s1. The van der Waals surface area contributed by atoms with Crippen molar-refractivity contribution in [3.8, 4) is 5.75 Å². The Labute approximate surface area is 356 Å². The number of aryl methyl sites for hydroxylation is 1. The van der Waals surface area contributed by atoms with E-state index in [0.717, 1.165) is 41.0 Å². The van der Waals surface area contributed by atoms with Gasteiger partial charge in [0.25, 0.3) is 26.0 Å². The normalized spacial score (nSPS) is 21.4. The number of hydrazine groups is 1. The van der Waals surface area contributed by atoms with E-state index >= 15 is 13.2 Å². The number of nitrogens with zero attached hydrogens (tertiary/aromatic N) is 5. The molecule has 21 heteroatoms. The molecule has 2 fully saturated rings. The van der Waals surface area contributed by atoms with Crippen molar-refractivity contribution in [1.29, 1.82) is 0 Å². The van der Waals surface area contributed by atoms with Crippen LogP contribution in [0, 0.1) is 6.92 Å². The van der Waals surface area contributed by atoms with Crippen LogP contribution in [0.5, 0.6) is 5.75 Å². The molecule has 4 atom stereocenters. The lowest BCUT2D eigenvalue weighted by atomic mass is 9.85. The van der Waals surface area contributed by atoms with Gasteiger partial charge in [0.1, 0.15) is 21.4 Å². The van der Waals surface area contributed by atoms with Crippen molar-refractivity contribution in [2.45, 2.75) is 60.6 Å². The average Bonchev–Trinajstić information content (AvgIpc) is 3.97. The number of ketones is 1. The molecule has 17 nitrogen and oxygen atoms in total. The van der Waals surface area contributed by atoms with Crippen molar-refractivity contribution in [3.05, 3.63) is 70.1 Å². The monoisotopic (exact) mass is 897 g/mol. The summed E-state index contributed by atoms with van der Waals surface area (Å²) < 4.78 is 73.4. The van der Waals surface area contributed by atoms with Crippen LogP contribution in [0.1, 0.15) is 30.4 Å². The molecular weight excluding hydrogens is 843 g/mol. The summed E-state index contributed by atoms with van der Waals surface area (Å²) in [6.07, 6.45) is 0.636. The third kappa shape index (κ3) is 11.0. The van der Waals surface area contributed by atoms with E-state index in [4.69, 9.17) is 9.47 Å². The first kappa shape index (κ1) is 46.8. The second kappa shape index (κ2) is 20.1. The zero-order valence-electron chi connectivity index (χ0n) is 34.2. The fourth-order valence-corrected chi connectivity index (χ4v) is 12.5. The van der Waals surface area contributed by atoms with Gasteiger partial charge in [-0.05, 0) is 96.3 Å². The van der Waals surface area contributed by atoms with Gasteiger partial charge in [-0.1, -0.05) is 29.8 Å². The van der Waals surface area contributed by atoms with Gasteiger partial charge in [-0.25, -0.2) is 25.9 Å². The number of rotatable bonds is 21. The maximum Gasteiger partial charge on any atom is 0.339 e. The minimum absolute atomic E-state index is 0.156. The van der Waals surface area contributed by atoms with Crippen LogP contribution in [0.2, 0.25) is 0 Å². The lowest BCUT2D eigenvalue weighted by Gasteiger charge is -2.41. The van der Waals surface area contributed by atoms with Crippen LogP contribution in [-0.4, -0.2) is 166 Å². The van der Waals surface area contributed by atoms with E-state index in [1.165, 1.54) is 47.0 Å². The molecule has 0 bridgehead atoms. The first-order chi connectivity index (χ1) is 27.9. The van der Waals surface area contributed by atoms with E-state index in [-0.39, 0.29) is 33.7 Å². The van der Waals surface area contributed by atoms with Gasteiger partial charge in [0.05, 0.1) is 17.6 Å². The average molecular weight is 898 g/mol. The molecule has 0 aliphatic carbocycles. The van der Waals surface area contributed by atoms with Gasteiger partial charge in [0, 0.05) is 58.1 Å². The fourth-order valence-electron chi connectivity index (χ4n) is 6.95. The van der Waals surface area contributed by atoms with Crippen LogP contribution in [0.3, 0.4) is 0 Å². The summed E-state index contributed by atoms with van der Waals surface area (Å²) in [4.78, 5) is 48.1. The van der Waals surface area contributed by atoms with E-state index in [1.807, 2.05) is 38.0 Å². The number of carboxylic acids is 1. The SMILES string of the molecule is Cc1ccc(S(=O)(=O)N(C(=O)[C@@H]2CC(OCCCN(C)C)CN2S(=O)(=O)C2=CNN(C)S2)[C@@](Cc2ccc(OCCCN(C)C)cc2)(C(=O)O)C(=O)[C@H]2NCCS2)cc1. The number of Topliss-reactive ketones (excluding diaryl/α,β-unsaturated/α-hetero) is 1. The number of aliphatic carboxylic acids is 1. The van der Waals surface area contributed by atoms with Crippen molar-refractivity contribution in [2.75, 3.05) is 80.4 Å². The minimum atomic E-state index is -5.22. The van der Waals surface area contributed by atoms with Crippen molar-refractivity contribution in [1.82, 2.24) is 33.6 Å². The molecule has 326 valence electrons. The Hall–Kier alpha value is -3.25. The first-order valence-corrected chi connectivity index (χ1v) is 23.9. The third-order valence-electron chi connectivity index (χ3n) is 9.98. The molecule has 1 amide bonds. The summed E-state index contributed by atoms with van der Waals surface area (Å²) in [7, 11) is -0.459.